The van der Waals surface area contributed by atoms with Crippen LogP contribution in [0.5, 0.6) is 0 Å². The van der Waals surface area contributed by atoms with Gasteiger partial charge >= 0.3 is 0 Å². The maximum Gasteiger partial charge on any atom is 0.250 e. The number of hydrogen-bond donors (Lipinski definition) is 2. The lowest BCUT2D eigenvalue weighted by Crippen LogP contribution is -2.49. The molecule has 0 spiro atoms. The van der Waals surface area contributed by atoms with Crippen molar-refractivity contribution in [2.24, 2.45) is 0 Å². The number of rotatable bonds is 4. The van der Waals surface area contributed by atoms with E-state index in [-0.39, 0.29) is 17.4 Å². The first-order valence-electron chi connectivity index (χ1n) is 7.16. The molecule has 2 N–H and O–H groups in total. The standard InChI is InChI=1S/C16H24N2O2/c1-12-5-4-6-13(9-12)16(2,3)11-18-15(19)14-10-17-7-8-20-14/h4-6,9,14,17H,7-8,10-11H2,1-3H3,(H,18,19). The van der Waals surface area contributed by atoms with Gasteiger partial charge in [-0.25, -0.2) is 0 Å². The van der Waals surface area contributed by atoms with Crippen molar-refractivity contribution in [2.45, 2.75) is 32.3 Å². The lowest BCUT2D eigenvalue weighted by atomic mass is 9.84. The molecule has 20 heavy (non-hydrogen) atoms. The van der Waals surface area contributed by atoms with Gasteiger partial charge in [-0.2, -0.15) is 0 Å². The van der Waals surface area contributed by atoms with Crippen LogP contribution in [0.25, 0.3) is 0 Å². The molecule has 1 heterocycles. The first-order valence-corrected chi connectivity index (χ1v) is 7.16. The van der Waals surface area contributed by atoms with E-state index in [9.17, 15) is 4.79 Å². The Bertz CT molecular complexity index is 465. The van der Waals surface area contributed by atoms with Crippen molar-refractivity contribution in [2.75, 3.05) is 26.2 Å². The summed E-state index contributed by atoms with van der Waals surface area (Å²) in [6.07, 6.45) is -0.364. The first kappa shape index (κ1) is 15.0. The third kappa shape index (κ3) is 3.81. The van der Waals surface area contributed by atoms with Crippen LogP contribution >= 0.6 is 0 Å². The number of aryl methyl sites for hydroxylation is 1. The molecule has 0 bridgehead atoms. The van der Waals surface area contributed by atoms with Crippen LogP contribution in [0, 0.1) is 6.92 Å². The fourth-order valence-corrected chi connectivity index (χ4v) is 2.32. The third-order valence-electron chi connectivity index (χ3n) is 3.72. The van der Waals surface area contributed by atoms with Gasteiger partial charge in [0.15, 0.2) is 0 Å². The highest BCUT2D eigenvalue weighted by molar-refractivity contribution is 5.81. The molecule has 1 amide bonds. The SMILES string of the molecule is Cc1cccc(C(C)(C)CNC(=O)C2CNCCO2)c1. The average molecular weight is 276 g/mol. The minimum atomic E-state index is -0.364. The van der Waals surface area contributed by atoms with Gasteiger partial charge in [0.1, 0.15) is 6.10 Å². The summed E-state index contributed by atoms with van der Waals surface area (Å²) in [6, 6.07) is 8.42. The summed E-state index contributed by atoms with van der Waals surface area (Å²) in [7, 11) is 0. The highest BCUT2D eigenvalue weighted by atomic mass is 16.5. The van der Waals surface area contributed by atoms with Crippen molar-refractivity contribution in [1.82, 2.24) is 10.6 Å². The number of carbonyl (C=O) groups excluding carboxylic acids is 1. The Labute approximate surface area is 120 Å². The second-order valence-corrected chi connectivity index (χ2v) is 6.03. The van der Waals surface area contributed by atoms with E-state index in [2.05, 4.69) is 55.7 Å². The summed E-state index contributed by atoms with van der Waals surface area (Å²) in [4.78, 5) is 12.1. The number of carbonyl (C=O) groups is 1. The van der Waals surface area contributed by atoms with Gasteiger partial charge in [-0.3, -0.25) is 4.79 Å². The summed E-state index contributed by atoms with van der Waals surface area (Å²) in [5, 5.41) is 6.17. The Morgan fingerprint density at radius 3 is 2.95 bits per heavy atom. The van der Waals surface area contributed by atoms with E-state index >= 15 is 0 Å². The molecule has 1 aromatic carbocycles. The Kier molecular flexibility index (Phi) is 4.78. The summed E-state index contributed by atoms with van der Waals surface area (Å²) in [6.45, 7) is 8.98. The van der Waals surface area contributed by atoms with E-state index in [0.717, 1.165) is 6.54 Å². The molecule has 1 atom stereocenters. The van der Waals surface area contributed by atoms with Crippen molar-refractivity contribution in [3.05, 3.63) is 35.4 Å². The van der Waals surface area contributed by atoms with Gasteiger partial charge in [-0.05, 0) is 12.5 Å². The molecule has 110 valence electrons. The van der Waals surface area contributed by atoms with Crippen molar-refractivity contribution in [3.8, 4) is 0 Å². The Morgan fingerprint density at radius 2 is 2.30 bits per heavy atom. The maximum atomic E-state index is 12.1. The lowest BCUT2D eigenvalue weighted by molar-refractivity contribution is -0.134. The quantitative estimate of drug-likeness (QED) is 0.873. The normalized spacial score (nSPS) is 19.6. The van der Waals surface area contributed by atoms with E-state index in [1.165, 1.54) is 11.1 Å². The fourth-order valence-electron chi connectivity index (χ4n) is 2.32. The summed E-state index contributed by atoms with van der Waals surface area (Å²) in [5.41, 5.74) is 2.38. The average Bonchev–Trinajstić information content (AvgIpc) is 2.46. The zero-order valence-electron chi connectivity index (χ0n) is 12.5. The van der Waals surface area contributed by atoms with Gasteiger partial charge in [0.2, 0.25) is 5.91 Å². The van der Waals surface area contributed by atoms with Crippen LogP contribution in [0.1, 0.15) is 25.0 Å². The van der Waals surface area contributed by atoms with Crippen molar-refractivity contribution in [1.29, 1.82) is 0 Å². The van der Waals surface area contributed by atoms with Gasteiger partial charge in [0.05, 0.1) is 6.61 Å². The second kappa shape index (κ2) is 6.37. The highest BCUT2D eigenvalue weighted by Gasteiger charge is 2.25. The Morgan fingerprint density at radius 1 is 1.50 bits per heavy atom. The Balaban J connectivity index is 1.93. The number of benzene rings is 1. The molecule has 1 saturated heterocycles. The number of morpholine rings is 1. The van der Waals surface area contributed by atoms with E-state index in [1.807, 2.05) is 0 Å². The smallest absolute Gasteiger partial charge is 0.250 e. The van der Waals surface area contributed by atoms with E-state index in [4.69, 9.17) is 4.74 Å². The summed E-state index contributed by atoms with van der Waals surface area (Å²) >= 11 is 0. The molecule has 4 heteroatoms. The number of ether oxygens (including phenoxy) is 1. The third-order valence-corrected chi connectivity index (χ3v) is 3.72. The van der Waals surface area contributed by atoms with Crippen LogP contribution in [0.3, 0.4) is 0 Å². The fraction of sp³-hybridized carbons (Fsp3) is 0.562. The van der Waals surface area contributed by atoms with Crippen molar-refractivity contribution >= 4 is 5.91 Å². The molecule has 1 aliphatic rings. The summed E-state index contributed by atoms with van der Waals surface area (Å²) < 4.78 is 5.46. The molecule has 0 aromatic heterocycles. The van der Waals surface area contributed by atoms with Crippen LogP contribution in [-0.4, -0.2) is 38.3 Å². The van der Waals surface area contributed by atoms with Crippen molar-refractivity contribution in [3.63, 3.8) is 0 Å². The van der Waals surface area contributed by atoms with Crippen LogP contribution in [0.2, 0.25) is 0 Å². The molecular weight excluding hydrogens is 252 g/mol. The summed E-state index contributed by atoms with van der Waals surface area (Å²) in [5.74, 6) is -0.0297. The molecule has 1 unspecified atom stereocenters. The van der Waals surface area contributed by atoms with Crippen LogP contribution < -0.4 is 10.6 Å². The zero-order chi connectivity index (χ0) is 14.6. The molecule has 1 fully saturated rings. The number of hydrogen-bond acceptors (Lipinski definition) is 3. The molecule has 0 radical (unpaired) electrons. The van der Waals surface area contributed by atoms with Gasteiger partial charge in [0, 0.05) is 25.0 Å². The lowest BCUT2D eigenvalue weighted by Gasteiger charge is -2.28. The minimum absolute atomic E-state index is 0.0297. The molecule has 4 nitrogen and oxygen atoms in total. The molecule has 0 aliphatic carbocycles. The minimum Gasteiger partial charge on any atom is -0.366 e. The number of nitrogens with one attached hydrogen (secondary N) is 2. The molecule has 0 saturated carbocycles. The molecule has 1 aromatic rings. The van der Waals surface area contributed by atoms with Crippen LogP contribution in [0.4, 0.5) is 0 Å². The van der Waals surface area contributed by atoms with E-state index in [0.29, 0.717) is 19.7 Å². The van der Waals surface area contributed by atoms with E-state index in [1.54, 1.807) is 0 Å². The maximum absolute atomic E-state index is 12.1. The largest absolute Gasteiger partial charge is 0.366 e. The Hall–Kier alpha value is -1.39. The van der Waals surface area contributed by atoms with Gasteiger partial charge < -0.3 is 15.4 Å². The van der Waals surface area contributed by atoms with Gasteiger partial charge in [-0.1, -0.05) is 43.7 Å². The number of amides is 1. The van der Waals surface area contributed by atoms with E-state index < -0.39 is 0 Å². The predicted octanol–water partition coefficient (Wildman–Crippen LogP) is 1.38. The zero-order valence-corrected chi connectivity index (χ0v) is 12.5. The second-order valence-electron chi connectivity index (χ2n) is 6.03. The topological polar surface area (TPSA) is 50.4 Å². The highest BCUT2D eigenvalue weighted by Crippen LogP contribution is 2.23. The monoisotopic (exact) mass is 276 g/mol. The molecule has 2 rings (SSSR count). The predicted molar refractivity (Wildman–Crippen MR) is 79.8 cm³/mol. The van der Waals surface area contributed by atoms with Crippen LogP contribution in [-0.2, 0) is 14.9 Å². The first-order chi connectivity index (χ1) is 9.49. The molecule has 1 aliphatic heterocycles. The van der Waals surface area contributed by atoms with Crippen molar-refractivity contribution < 1.29 is 9.53 Å². The van der Waals surface area contributed by atoms with Gasteiger partial charge in [0.25, 0.3) is 0 Å². The molecular formula is C16H24N2O2. The van der Waals surface area contributed by atoms with Crippen LogP contribution in [0.15, 0.2) is 24.3 Å². The van der Waals surface area contributed by atoms with Gasteiger partial charge in [-0.15, -0.1) is 0 Å².